The van der Waals surface area contributed by atoms with E-state index < -0.39 is 0 Å². The Labute approximate surface area is 167 Å². The van der Waals surface area contributed by atoms with Crippen LogP contribution in [0.4, 0.5) is 5.69 Å². The molecule has 8 nitrogen and oxygen atoms in total. The first-order valence-electron chi connectivity index (χ1n) is 9.20. The smallest absolute Gasteiger partial charge is 0.234 e. The minimum atomic E-state index is -0.129. The van der Waals surface area contributed by atoms with Crippen molar-refractivity contribution in [2.45, 2.75) is 44.7 Å². The maximum Gasteiger partial charge on any atom is 0.234 e. The van der Waals surface area contributed by atoms with E-state index in [1.807, 2.05) is 49.7 Å². The average molecular weight is 398 g/mol. The summed E-state index contributed by atoms with van der Waals surface area (Å²) < 4.78 is 3.34. The second-order valence-corrected chi connectivity index (χ2v) is 8.06. The van der Waals surface area contributed by atoms with Crippen molar-refractivity contribution in [3.05, 3.63) is 47.0 Å². The average Bonchev–Trinajstić information content (AvgIpc) is 3.40. The van der Waals surface area contributed by atoms with Crippen LogP contribution in [0.25, 0.3) is 5.69 Å². The number of nitrogens with two attached hydrogens (primary N) is 1. The van der Waals surface area contributed by atoms with Gasteiger partial charge < -0.3 is 11.2 Å². The Morgan fingerprint density at radius 1 is 1.21 bits per heavy atom. The van der Waals surface area contributed by atoms with Crippen molar-refractivity contribution in [1.82, 2.24) is 24.7 Å². The third-order valence-electron chi connectivity index (χ3n) is 4.80. The van der Waals surface area contributed by atoms with E-state index in [1.54, 1.807) is 0 Å². The number of nitrogen functional groups attached to an aromatic ring is 1. The fraction of sp³-hybridized carbons (Fsp3) is 0.368. The second kappa shape index (κ2) is 7.31. The molecule has 1 aromatic carbocycles. The normalized spacial score (nSPS) is 13.7. The molecule has 9 heteroatoms. The van der Waals surface area contributed by atoms with Gasteiger partial charge in [0.15, 0.2) is 5.82 Å². The van der Waals surface area contributed by atoms with Gasteiger partial charge in [0.2, 0.25) is 11.1 Å². The third kappa shape index (κ3) is 3.62. The molecular weight excluding hydrogens is 374 g/mol. The maximum absolute atomic E-state index is 12.5. The summed E-state index contributed by atoms with van der Waals surface area (Å²) >= 11 is 1.28. The summed E-state index contributed by atoms with van der Waals surface area (Å²) in [6, 6.07) is 8.11. The van der Waals surface area contributed by atoms with Crippen molar-refractivity contribution >= 4 is 23.4 Å². The number of hydrogen-bond acceptors (Lipinski definition) is 6. The number of carbonyl (C=O) groups excluding carboxylic acids is 1. The monoisotopic (exact) mass is 397 g/mol. The highest BCUT2D eigenvalue weighted by atomic mass is 32.2. The van der Waals surface area contributed by atoms with Gasteiger partial charge in [-0.15, -0.1) is 10.2 Å². The first kappa shape index (κ1) is 18.5. The number of nitrogens with zero attached hydrogens (tertiary/aromatic N) is 5. The van der Waals surface area contributed by atoms with Gasteiger partial charge in [-0.3, -0.25) is 4.79 Å². The molecule has 2 heterocycles. The lowest BCUT2D eigenvalue weighted by Crippen LogP contribution is -2.17. The van der Waals surface area contributed by atoms with Gasteiger partial charge in [-0.1, -0.05) is 29.5 Å². The SMILES string of the molecule is Cc1ccc(-n2nc(C)c(NC(=O)CSc3nnc(C4CC4)n3N)c2C)cc1. The Balaban J connectivity index is 1.44. The van der Waals surface area contributed by atoms with Crippen molar-refractivity contribution in [2.75, 3.05) is 16.9 Å². The first-order chi connectivity index (χ1) is 13.4. The van der Waals surface area contributed by atoms with E-state index in [2.05, 4.69) is 20.6 Å². The van der Waals surface area contributed by atoms with Gasteiger partial charge in [0.05, 0.1) is 28.5 Å². The van der Waals surface area contributed by atoms with Crippen molar-refractivity contribution in [3.8, 4) is 5.69 Å². The molecule has 0 aliphatic heterocycles. The Morgan fingerprint density at radius 3 is 2.61 bits per heavy atom. The number of aromatic nitrogens is 5. The third-order valence-corrected chi connectivity index (χ3v) is 5.74. The van der Waals surface area contributed by atoms with E-state index in [-0.39, 0.29) is 11.7 Å². The molecule has 0 atom stereocenters. The maximum atomic E-state index is 12.5. The number of rotatable bonds is 6. The van der Waals surface area contributed by atoms with Crippen LogP contribution in [0.3, 0.4) is 0 Å². The molecule has 1 aliphatic carbocycles. The number of amides is 1. The van der Waals surface area contributed by atoms with Gasteiger partial charge in [-0.2, -0.15) is 5.10 Å². The molecular formula is C19H23N7OS. The lowest BCUT2D eigenvalue weighted by molar-refractivity contribution is -0.113. The molecule has 0 bridgehead atoms. The Bertz CT molecular complexity index is 1020. The molecule has 3 N–H and O–H groups in total. The molecule has 2 aromatic heterocycles. The topological polar surface area (TPSA) is 104 Å². The number of hydrogen-bond donors (Lipinski definition) is 2. The fourth-order valence-electron chi connectivity index (χ4n) is 3.07. The second-order valence-electron chi connectivity index (χ2n) is 7.12. The predicted octanol–water partition coefficient (Wildman–Crippen LogP) is 2.71. The van der Waals surface area contributed by atoms with Crippen LogP contribution in [-0.2, 0) is 4.79 Å². The molecule has 0 saturated heterocycles. The van der Waals surface area contributed by atoms with Gasteiger partial charge in [0.1, 0.15) is 0 Å². The Kier molecular flexibility index (Phi) is 4.84. The summed E-state index contributed by atoms with van der Waals surface area (Å²) in [5.74, 6) is 7.32. The molecule has 1 aliphatic rings. The minimum Gasteiger partial charge on any atom is -0.336 e. The highest BCUT2D eigenvalue weighted by Gasteiger charge is 2.30. The van der Waals surface area contributed by atoms with Crippen LogP contribution in [0.15, 0.2) is 29.4 Å². The summed E-state index contributed by atoms with van der Waals surface area (Å²) in [7, 11) is 0. The standard InChI is InChI=1S/C19H23N7OS/c1-11-4-8-15(9-5-11)26-13(3)17(12(2)24-26)21-16(27)10-28-19-23-22-18(25(19)20)14-6-7-14/h4-5,8-9,14H,6-7,10,20H2,1-3H3,(H,21,27). The number of aryl methyl sites for hydroxylation is 2. The first-order valence-corrected chi connectivity index (χ1v) is 10.2. The number of anilines is 1. The Morgan fingerprint density at radius 2 is 1.93 bits per heavy atom. The predicted molar refractivity (Wildman–Crippen MR) is 109 cm³/mol. The molecule has 3 aromatic rings. The number of nitrogens with one attached hydrogen (secondary N) is 1. The van der Waals surface area contributed by atoms with Crippen molar-refractivity contribution in [3.63, 3.8) is 0 Å². The van der Waals surface area contributed by atoms with E-state index in [0.29, 0.717) is 11.1 Å². The fourth-order valence-corrected chi connectivity index (χ4v) is 3.74. The van der Waals surface area contributed by atoms with Crippen molar-refractivity contribution < 1.29 is 4.79 Å². The number of thioether (sulfide) groups is 1. The molecule has 0 unspecified atom stereocenters. The van der Waals surface area contributed by atoms with E-state index in [1.165, 1.54) is 22.0 Å². The highest BCUT2D eigenvalue weighted by molar-refractivity contribution is 7.99. The van der Waals surface area contributed by atoms with Crippen LogP contribution in [0.5, 0.6) is 0 Å². The van der Waals surface area contributed by atoms with E-state index in [0.717, 1.165) is 41.4 Å². The number of carbonyl (C=O) groups is 1. The summed E-state index contributed by atoms with van der Waals surface area (Å²) in [4.78, 5) is 12.5. The van der Waals surface area contributed by atoms with E-state index in [9.17, 15) is 4.79 Å². The van der Waals surface area contributed by atoms with Gasteiger partial charge >= 0.3 is 0 Å². The summed E-state index contributed by atoms with van der Waals surface area (Å²) in [6.45, 7) is 5.88. The van der Waals surface area contributed by atoms with Gasteiger partial charge in [-0.05, 0) is 45.7 Å². The van der Waals surface area contributed by atoms with Gasteiger partial charge in [0.25, 0.3) is 0 Å². The van der Waals surface area contributed by atoms with Crippen molar-refractivity contribution in [2.24, 2.45) is 0 Å². The lowest BCUT2D eigenvalue weighted by atomic mass is 10.2. The van der Waals surface area contributed by atoms with Crippen LogP contribution in [-0.4, -0.2) is 36.3 Å². The van der Waals surface area contributed by atoms with E-state index in [4.69, 9.17) is 5.84 Å². The van der Waals surface area contributed by atoms with Crippen molar-refractivity contribution in [1.29, 1.82) is 0 Å². The summed E-state index contributed by atoms with van der Waals surface area (Å²) in [6.07, 6.45) is 2.20. The molecule has 146 valence electrons. The molecule has 0 spiro atoms. The quantitative estimate of drug-likeness (QED) is 0.490. The number of benzene rings is 1. The molecule has 1 fully saturated rings. The van der Waals surface area contributed by atoms with Crippen LogP contribution < -0.4 is 11.2 Å². The lowest BCUT2D eigenvalue weighted by Gasteiger charge is -2.07. The summed E-state index contributed by atoms with van der Waals surface area (Å²) in [5, 5.41) is 16.3. The Hall–Kier alpha value is -2.81. The van der Waals surface area contributed by atoms with Crippen LogP contribution >= 0.6 is 11.8 Å². The van der Waals surface area contributed by atoms with Crippen LogP contribution in [0.2, 0.25) is 0 Å². The van der Waals surface area contributed by atoms with Crippen LogP contribution in [0, 0.1) is 20.8 Å². The van der Waals surface area contributed by atoms with Gasteiger partial charge in [0, 0.05) is 5.92 Å². The summed E-state index contributed by atoms with van der Waals surface area (Å²) in [5.41, 5.74) is 4.55. The molecule has 1 amide bonds. The molecule has 1 saturated carbocycles. The molecule has 28 heavy (non-hydrogen) atoms. The minimum absolute atomic E-state index is 0.129. The zero-order chi connectivity index (χ0) is 19.8. The van der Waals surface area contributed by atoms with Crippen LogP contribution in [0.1, 0.15) is 41.5 Å². The largest absolute Gasteiger partial charge is 0.336 e. The molecule has 4 rings (SSSR count). The van der Waals surface area contributed by atoms with E-state index >= 15 is 0 Å². The zero-order valence-electron chi connectivity index (χ0n) is 16.1. The zero-order valence-corrected chi connectivity index (χ0v) is 17.0. The molecule has 0 radical (unpaired) electrons. The van der Waals surface area contributed by atoms with Gasteiger partial charge in [-0.25, -0.2) is 9.36 Å². The highest BCUT2D eigenvalue weighted by Crippen LogP contribution is 2.39.